The van der Waals surface area contributed by atoms with Crippen molar-refractivity contribution in [2.24, 2.45) is 0 Å². The summed E-state index contributed by atoms with van der Waals surface area (Å²) in [5.41, 5.74) is 1.25. The molecule has 0 unspecified atom stereocenters. The zero-order valence-electron chi connectivity index (χ0n) is 9.61. The second kappa shape index (κ2) is 4.64. The van der Waals surface area contributed by atoms with E-state index in [1.54, 1.807) is 12.4 Å². The molecule has 1 fully saturated rings. The quantitative estimate of drug-likeness (QED) is 0.730. The highest BCUT2D eigenvalue weighted by atomic mass is 16.5. The molecule has 16 heavy (non-hydrogen) atoms. The summed E-state index contributed by atoms with van der Waals surface area (Å²) in [7, 11) is 0. The lowest BCUT2D eigenvalue weighted by atomic mass is 9.63. The number of pyridine rings is 1. The molecule has 2 rings (SSSR count). The van der Waals surface area contributed by atoms with Crippen LogP contribution in [0.2, 0.25) is 0 Å². The summed E-state index contributed by atoms with van der Waals surface area (Å²) in [4.78, 5) is 15.6. The number of esters is 1. The van der Waals surface area contributed by atoms with Crippen LogP contribution in [0.3, 0.4) is 0 Å². The van der Waals surface area contributed by atoms with Crippen molar-refractivity contribution < 1.29 is 9.53 Å². The Kier molecular flexibility index (Phi) is 3.22. The van der Waals surface area contributed by atoms with E-state index < -0.39 is 0 Å². The van der Waals surface area contributed by atoms with Gasteiger partial charge in [-0.3, -0.25) is 9.78 Å². The number of carbonyl (C=O) groups excluding carboxylic acids is 1. The molecule has 1 saturated carbocycles. The van der Waals surface area contributed by atoms with Gasteiger partial charge in [0.1, 0.15) is 0 Å². The van der Waals surface area contributed by atoms with Crippen molar-refractivity contribution in [1.82, 2.24) is 4.98 Å². The number of hydrogen-bond donors (Lipinski definition) is 0. The molecule has 3 nitrogen and oxygen atoms in total. The average Bonchev–Trinajstić information content (AvgIpc) is 2.25. The molecule has 1 aliphatic rings. The van der Waals surface area contributed by atoms with Gasteiger partial charge in [0.25, 0.3) is 0 Å². The minimum Gasteiger partial charge on any atom is -0.466 e. The van der Waals surface area contributed by atoms with Crippen molar-refractivity contribution in [3.63, 3.8) is 0 Å². The van der Waals surface area contributed by atoms with Gasteiger partial charge in [-0.15, -0.1) is 0 Å². The highest BCUT2D eigenvalue weighted by molar-refractivity contribution is 5.71. The fourth-order valence-corrected chi connectivity index (χ4v) is 2.36. The molecular formula is C13H17NO2. The lowest BCUT2D eigenvalue weighted by Crippen LogP contribution is -2.37. The molecule has 0 amide bonds. The van der Waals surface area contributed by atoms with Crippen LogP contribution >= 0.6 is 0 Å². The van der Waals surface area contributed by atoms with Gasteiger partial charge in [0.2, 0.25) is 0 Å². The summed E-state index contributed by atoms with van der Waals surface area (Å²) in [6.07, 6.45) is 7.44. The van der Waals surface area contributed by atoms with E-state index in [0.29, 0.717) is 13.0 Å². The Bertz CT molecular complexity index is 357. The predicted octanol–water partition coefficient (Wildman–Crippen LogP) is 2.46. The van der Waals surface area contributed by atoms with E-state index in [1.165, 1.54) is 12.0 Å². The van der Waals surface area contributed by atoms with Crippen molar-refractivity contribution in [1.29, 1.82) is 0 Å². The van der Waals surface area contributed by atoms with Gasteiger partial charge in [-0.2, -0.15) is 0 Å². The van der Waals surface area contributed by atoms with Crippen LogP contribution in [0.1, 0.15) is 38.2 Å². The summed E-state index contributed by atoms with van der Waals surface area (Å²) in [5, 5.41) is 0. The highest BCUT2D eigenvalue weighted by Crippen LogP contribution is 2.46. The van der Waals surface area contributed by atoms with Crippen LogP contribution in [-0.4, -0.2) is 17.6 Å². The Balaban J connectivity index is 2.11. The lowest BCUT2D eigenvalue weighted by Gasteiger charge is -2.41. The van der Waals surface area contributed by atoms with E-state index in [4.69, 9.17) is 4.74 Å². The predicted molar refractivity (Wildman–Crippen MR) is 61.0 cm³/mol. The van der Waals surface area contributed by atoms with Crippen molar-refractivity contribution in [3.05, 3.63) is 30.1 Å². The van der Waals surface area contributed by atoms with Gasteiger partial charge in [0, 0.05) is 17.8 Å². The van der Waals surface area contributed by atoms with Gasteiger partial charge in [0.15, 0.2) is 0 Å². The van der Waals surface area contributed by atoms with Gasteiger partial charge >= 0.3 is 5.97 Å². The van der Waals surface area contributed by atoms with Crippen LogP contribution in [0.15, 0.2) is 24.5 Å². The Morgan fingerprint density at radius 3 is 2.62 bits per heavy atom. The third kappa shape index (κ3) is 2.08. The molecule has 0 aliphatic heterocycles. The molecule has 3 heteroatoms. The summed E-state index contributed by atoms with van der Waals surface area (Å²) in [6, 6.07) is 4.02. The zero-order valence-corrected chi connectivity index (χ0v) is 9.61. The molecule has 0 bridgehead atoms. The number of nitrogens with zero attached hydrogens (tertiary/aromatic N) is 1. The zero-order chi connectivity index (χ0) is 11.4. The van der Waals surface area contributed by atoms with Gasteiger partial charge in [0.05, 0.1) is 13.0 Å². The topological polar surface area (TPSA) is 39.2 Å². The first-order valence-electron chi connectivity index (χ1n) is 5.83. The molecule has 86 valence electrons. The van der Waals surface area contributed by atoms with Crippen molar-refractivity contribution in [2.75, 3.05) is 6.61 Å². The minimum absolute atomic E-state index is 0.0230. The molecule has 0 N–H and O–H groups in total. The van der Waals surface area contributed by atoms with Crippen molar-refractivity contribution >= 4 is 5.97 Å². The first-order chi connectivity index (χ1) is 7.77. The Morgan fingerprint density at radius 1 is 1.44 bits per heavy atom. The standard InChI is InChI=1S/C13H17NO2/c1-2-16-12(15)10-13(6-3-7-13)11-4-8-14-9-5-11/h4-5,8-9H,2-3,6-7,10H2,1H3. The smallest absolute Gasteiger partial charge is 0.306 e. The number of aromatic nitrogens is 1. The SMILES string of the molecule is CCOC(=O)CC1(c2ccncc2)CCC1. The number of carbonyl (C=O) groups is 1. The summed E-state index contributed by atoms with van der Waals surface area (Å²) in [5.74, 6) is -0.0842. The fraction of sp³-hybridized carbons (Fsp3) is 0.538. The largest absolute Gasteiger partial charge is 0.466 e. The molecule has 1 heterocycles. The van der Waals surface area contributed by atoms with Gasteiger partial charge in [-0.05, 0) is 37.5 Å². The van der Waals surface area contributed by atoms with E-state index >= 15 is 0 Å². The van der Waals surface area contributed by atoms with Crippen LogP contribution in [0.4, 0.5) is 0 Å². The number of hydrogen-bond acceptors (Lipinski definition) is 3. The maximum atomic E-state index is 11.6. The second-order valence-electron chi connectivity index (χ2n) is 4.35. The lowest BCUT2D eigenvalue weighted by molar-refractivity contribution is -0.145. The summed E-state index contributed by atoms with van der Waals surface area (Å²) >= 11 is 0. The Morgan fingerprint density at radius 2 is 2.12 bits per heavy atom. The second-order valence-corrected chi connectivity index (χ2v) is 4.35. The van der Waals surface area contributed by atoms with E-state index in [0.717, 1.165) is 12.8 Å². The minimum atomic E-state index is -0.0842. The van der Waals surface area contributed by atoms with Crippen LogP contribution in [0.5, 0.6) is 0 Å². The van der Waals surface area contributed by atoms with Crippen LogP contribution in [0, 0.1) is 0 Å². The third-order valence-corrected chi connectivity index (χ3v) is 3.39. The van der Waals surface area contributed by atoms with E-state index in [9.17, 15) is 4.79 Å². The monoisotopic (exact) mass is 219 g/mol. The summed E-state index contributed by atoms with van der Waals surface area (Å²) < 4.78 is 5.04. The molecule has 0 aromatic carbocycles. The highest BCUT2D eigenvalue weighted by Gasteiger charge is 2.40. The first kappa shape index (κ1) is 11.1. The van der Waals surface area contributed by atoms with E-state index in [1.807, 2.05) is 19.1 Å². The molecule has 0 saturated heterocycles. The Hall–Kier alpha value is -1.38. The van der Waals surface area contributed by atoms with Crippen molar-refractivity contribution in [3.8, 4) is 0 Å². The van der Waals surface area contributed by atoms with E-state index in [-0.39, 0.29) is 11.4 Å². The molecule has 1 aromatic rings. The van der Waals surface area contributed by atoms with Crippen LogP contribution in [-0.2, 0) is 14.9 Å². The Labute approximate surface area is 95.8 Å². The van der Waals surface area contributed by atoms with Gasteiger partial charge in [-0.25, -0.2) is 0 Å². The normalized spacial score (nSPS) is 17.6. The third-order valence-electron chi connectivity index (χ3n) is 3.39. The average molecular weight is 219 g/mol. The van der Waals surface area contributed by atoms with Crippen molar-refractivity contribution in [2.45, 2.75) is 38.0 Å². The summed E-state index contributed by atoms with van der Waals surface area (Å²) in [6.45, 7) is 2.31. The molecule has 1 aliphatic carbocycles. The molecule has 0 spiro atoms. The molecule has 1 aromatic heterocycles. The van der Waals surface area contributed by atoms with Gasteiger partial charge < -0.3 is 4.74 Å². The van der Waals surface area contributed by atoms with Crippen LogP contribution < -0.4 is 0 Å². The first-order valence-corrected chi connectivity index (χ1v) is 5.83. The maximum absolute atomic E-state index is 11.6. The maximum Gasteiger partial charge on any atom is 0.306 e. The number of rotatable bonds is 4. The molecular weight excluding hydrogens is 202 g/mol. The van der Waals surface area contributed by atoms with E-state index in [2.05, 4.69) is 4.98 Å². The number of ether oxygens (including phenoxy) is 1. The molecule has 0 atom stereocenters. The molecule has 0 radical (unpaired) electrons. The van der Waals surface area contributed by atoms with Crippen LogP contribution in [0.25, 0.3) is 0 Å². The fourth-order valence-electron chi connectivity index (χ4n) is 2.36. The van der Waals surface area contributed by atoms with Gasteiger partial charge in [-0.1, -0.05) is 6.42 Å².